The lowest BCUT2D eigenvalue weighted by molar-refractivity contribution is -0.152. The van der Waals surface area contributed by atoms with Crippen LogP contribution in [0.5, 0.6) is 11.5 Å². The summed E-state index contributed by atoms with van der Waals surface area (Å²) in [4.78, 5) is 54.5. The maximum Gasteiger partial charge on any atom is 0.330 e. The van der Waals surface area contributed by atoms with Gasteiger partial charge in [0.15, 0.2) is 0 Å². The number of benzene rings is 3. The number of ether oxygens (including phenoxy) is 5. The fourth-order valence-electron chi connectivity index (χ4n) is 10.1. The van der Waals surface area contributed by atoms with Crippen molar-refractivity contribution >= 4 is 57.6 Å². The number of rotatable bonds is 25. The van der Waals surface area contributed by atoms with Crippen LogP contribution in [0.3, 0.4) is 0 Å². The summed E-state index contributed by atoms with van der Waals surface area (Å²) >= 11 is 1.89. The van der Waals surface area contributed by atoms with E-state index in [4.69, 9.17) is 28.7 Å². The zero-order valence-corrected chi connectivity index (χ0v) is 41.1. The largest absolute Gasteiger partial charge is 0.494 e. The van der Waals surface area contributed by atoms with E-state index in [0.717, 1.165) is 129 Å². The predicted molar refractivity (Wildman–Crippen MR) is 269 cm³/mol. The van der Waals surface area contributed by atoms with Gasteiger partial charge in [-0.05, 0) is 162 Å². The first-order chi connectivity index (χ1) is 33.3. The van der Waals surface area contributed by atoms with Crippen molar-refractivity contribution < 1.29 is 42.9 Å². The van der Waals surface area contributed by atoms with Gasteiger partial charge in [-0.1, -0.05) is 57.0 Å². The molecule has 0 bridgehead atoms. The summed E-state index contributed by atoms with van der Waals surface area (Å²) in [5.74, 6) is 0.560. The molecule has 1 heterocycles. The Balaban J connectivity index is 0.886. The van der Waals surface area contributed by atoms with Crippen molar-refractivity contribution in [2.45, 2.75) is 164 Å². The first-order valence-corrected chi connectivity index (χ1v) is 26.7. The minimum absolute atomic E-state index is 0.179. The fourth-order valence-corrected chi connectivity index (χ4v) is 11.4. The van der Waals surface area contributed by atoms with Crippen molar-refractivity contribution in [3.05, 3.63) is 84.4 Å². The lowest BCUT2D eigenvalue weighted by atomic mass is 9.79. The van der Waals surface area contributed by atoms with Gasteiger partial charge in [-0.15, -0.1) is 11.8 Å². The second kappa shape index (κ2) is 26.9. The van der Waals surface area contributed by atoms with Crippen LogP contribution in [0.15, 0.2) is 78.3 Å². The van der Waals surface area contributed by atoms with E-state index in [-0.39, 0.29) is 35.7 Å². The molecule has 68 heavy (non-hydrogen) atoms. The number of unbranched alkanes of at least 4 members (excludes halogenated alkanes) is 6. The van der Waals surface area contributed by atoms with Crippen LogP contribution in [-0.2, 0) is 39.8 Å². The van der Waals surface area contributed by atoms with Gasteiger partial charge in [0.1, 0.15) is 22.8 Å². The first kappa shape index (κ1) is 51.1. The third-order valence-corrected chi connectivity index (χ3v) is 15.7. The second-order valence-electron chi connectivity index (χ2n) is 19.3. The van der Waals surface area contributed by atoms with Gasteiger partial charge in [-0.25, -0.2) is 9.78 Å². The van der Waals surface area contributed by atoms with Gasteiger partial charge in [0.05, 0.1) is 43.3 Å². The Morgan fingerprint density at radius 3 is 2.06 bits per heavy atom. The first-order valence-electron chi connectivity index (χ1n) is 25.8. The SMILES string of the molecule is C=CC(=O)OCCCCCCOc1ccc(CCOC(=O)C2CCC(C(=O)Oc3ccc4c(c3)nc(SC3CCC(OCCCCCC)CC3)c3cc(C5CCC(C=O)CC5)ccc34)CC2)cc1. The van der Waals surface area contributed by atoms with Crippen molar-refractivity contribution in [3.8, 4) is 11.5 Å². The summed E-state index contributed by atoms with van der Waals surface area (Å²) in [7, 11) is 0. The van der Waals surface area contributed by atoms with Crippen molar-refractivity contribution in [2.24, 2.45) is 17.8 Å². The molecule has 0 aliphatic heterocycles. The van der Waals surface area contributed by atoms with Gasteiger partial charge in [0, 0.05) is 47.1 Å². The van der Waals surface area contributed by atoms with Crippen LogP contribution in [-0.4, -0.2) is 67.0 Å². The van der Waals surface area contributed by atoms with Crippen LogP contribution in [0, 0.1) is 17.8 Å². The van der Waals surface area contributed by atoms with E-state index in [1.54, 1.807) is 0 Å². The van der Waals surface area contributed by atoms with E-state index in [0.29, 0.717) is 74.9 Å². The molecule has 0 radical (unpaired) electrons. The minimum atomic E-state index is -0.383. The van der Waals surface area contributed by atoms with E-state index in [2.05, 4.69) is 31.7 Å². The third-order valence-electron chi connectivity index (χ3n) is 14.3. The molecular formula is C57H73NO9S. The van der Waals surface area contributed by atoms with Crippen molar-refractivity contribution in [1.82, 2.24) is 4.98 Å². The van der Waals surface area contributed by atoms with Gasteiger partial charge in [-0.2, -0.15) is 0 Å². The Morgan fingerprint density at radius 1 is 0.662 bits per heavy atom. The Labute approximate surface area is 408 Å². The number of carbonyl (C=O) groups is 4. The van der Waals surface area contributed by atoms with E-state index in [1.807, 2.05) is 54.2 Å². The van der Waals surface area contributed by atoms with Gasteiger partial charge in [0.25, 0.3) is 0 Å². The highest BCUT2D eigenvalue weighted by molar-refractivity contribution is 8.00. The molecule has 0 unspecified atom stereocenters. The van der Waals surface area contributed by atoms with Crippen LogP contribution in [0.25, 0.3) is 21.7 Å². The summed E-state index contributed by atoms with van der Waals surface area (Å²) < 4.78 is 28.9. The van der Waals surface area contributed by atoms with Crippen LogP contribution in [0.4, 0.5) is 0 Å². The number of hydrogen-bond donors (Lipinski definition) is 0. The van der Waals surface area contributed by atoms with Crippen molar-refractivity contribution in [3.63, 3.8) is 0 Å². The fraction of sp³-hybridized carbons (Fsp3) is 0.561. The highest BCUT2D eigenvalue weighted by atomic mass is 32.2. The number of hydrogen-bond acceptors (Lipinski definition) is 11. The molecule has 10 nitrogen and oxygen atoms in total. The van der Waals surface area contributed by atoms with E-state index in [1.165, 1.54) is 36.3 Å². The molecule has 0 saturated heterocycles. The Hall–Kier alpha value is -4.74. The molecule has 3 saturated carbocycles. The number of nitrogens with zero attached hydrogens (tertiary/aromatic N) is 1. The van der Waals surface area contributed by atoms with E-state index in [9.17, 15) is 19.2 Å². The number of carbonyl (C=O) groups excluding carboxylic acids is 4. The molecule has 7 rings (SSSR count). The molecule has 366 valence electrons. The smallest absolute Gasteiger partial charge is 0.330 e. The maximum absolute atomic E-state index is 13.6. The van der Waals surface area contributed by atoms with Gasteiger partial charge in [0.2, 0.25) is 0 Å². The normalized spacial score (nSPS) is 21.8. The monoisotopic (exact) mass is 948 g/mol. The molecule has 0 spiro atoms. The second-order valence-corrected chi connectivity index (χ2v) is 20.6. The van der Waals surface area contributed by atoms with E-state index >= 15 is 0 Å². The third kappa shape index (κ3) is 15.1. The maximum atomic E-state index is 13.6. The molecule has 3 aliphatic rings. The molecule has 0 amide bonds. The lowest BCUT2D eigenvalue weighted by Crippen LogP contribution is -2.29. The zero-order valence-electron chi connectivity index (χ0n) is 40.3. The molecular weight excluding hydrogens is 875 g/mol. The molecule has 11 heteroatoms. The Morgan fingerprint density at radius 2 is 1.34 bits per heavy atom. The van der Waals surface area contributed by atoms with Gasteiger partial charge >= 0.3 is 17.9 Å². The highest BCUT2D eigenvalue weighted by Crippen LogP contribution is 2.43. The summed E-state index contributed by atoms with van der Waals surface area (Å²) in [5, 5.41) is 4.84. The summed E-state index contributed by atoms with van der Waals surface area (Å²) in [6.45, 7) is 7.83. The lowest BCUT2D eigenvalue weighted by Gasteiger charge is -2.29. The topological polar surface area (TPSA) is 127 Å². The zero-order chi connectivity index (χ0) is 47.5. The predicted octanol–water partition coefficient (Wildman–Crippen LogP) is 13.0. The quantitative estimate of drug-likeness (QED) is 0.0157. The standard InChI is InChI=1S/C57H73NO9S/c1-3-5-6-9-33-64-47-25-28-49(29-26-47)68-55-52-37-45(42-16-12-41(39-59)13-17-42)22-30-50(52)51-31-27-48(38-53(51)58-55)67-57(62)44-20-18-43(19-21-44)56(61)66-36-32-40-14-23-46(24-15-40)63-34-10-7-8-11-35-65-54(60)4-2/h4,14-15,22-24,27,30-31,37-39,41-44,47,49H,2-3,5-13,16-21,25-26,28-29,32-36H2,1H3. The molecule has 3 fully saturated rings. The summed E-state index contributed by atoms with van der Waals surface area (Å²) in [6.07, 6.45) is 22.5. The number of aromatic nitrogens is 1. The van der Waals surface area contributed by atoms with Gasteiger partial charge in [-0.3, -0.25) is 9.59 Å². The van der Waals surface area contributed by atoms with Crippen LogP contribution < -0.4 is 9.47 Å². The number of thioether (sulfide) groups is 1. The Bertz CT molecular complexity index is 2250. The average molecular weight is 948 g/mol. The molecule has 3 aliphatic carbocycles. The van der Waals surface area contributed by atoms with Crippen molar-refractivity contribution in [1.29, 1.82) is 0 Å². The Kier molecular flexibility index (Phi) is 20.2. The molecule has 4 aromatic rings. The average Bonchev–Trinajstić information content (AvgIpc) is 3.37. The molecule has 1 aromatic heterocycles. The van der Waals surface area contributed by atoms with E-state index < -0.39 is 0 Å². The number of fused-ring (bicyclic) bond motifs is 3. The number of aldehydes is 1. The summed E-state index contributed by atoms with van der Waals surface area (Å²) in [6, 6.07) is 20.6. The van der Waals surface area contributed by atoms with Gasteiger partial charge < -0.3 is 28.5 Å². The highest BCUT2D eigenvalue weighted by Gasteiger charge is 2.32. The minimum Gasteiger partial charge on any atom is -0.494 e. The van der Waals surface area contributed by atoms with Crippen LogP contribution in [0.2, 0.25) is 0 Å². The van der Waals surface area contributed by atoms with Crippen LogP contribution in [0.1, 0.15) is 152 Å². The molecule has 0 atom stereocenters. The summed E-state index contributed by atoms with van der Waals surface area (Å²) in [5.41, 5.74) is 3.21. The number of esters is 3. The molecule has 3 aromatic carbocycles. The van der Waals surface area contributed by atoms with Crippen LogP contribution >= 0.6 is 11.8 Å². The number of pyridine rings is 1. The van der Waals surface area contributed by atoms with Crippen molar-refractivity contribution in [2.75, 3.05) is 26.4 Å². The molecule has 0 N–H and O–H groups in total.